The Bertz CT molecular complexity index is 728. The maximum Gasteiger partial charge on any atom is 0.154 e. The zero-order valence-corrected chi connectivity index (χ0v) is 26.0. The first-order valence-electron chi connectivity index (χ1n) is 16.1. The summed E-state index contributed by atoms with van der Waals surface area (Å²) in [6.07, 6.45) is 7.41. The number of rotatable bonds is 23. The van der Waals surface area contributed by atoms with Crippen LogP contribution in [0, 0.1) is 5.92 Å². The first kappa shape index (κ1) is 34.8. The van der Waals surface area contributed by atoms with Gasteiger partial charge in [-0.3, -0.25) is 0 Å². The first-order valence-corrected chi connectivity index (χ1v) is 16.1. The van der Waals surface area contributed by atoms with Crippen molar-refractivity contribution in [1.29, 1.82) is 0 Å². The molecule has 1 aliphatic rings. The van der Waals surface area contributed by atoms with Crippen molar-refractivity contribution < 1.29 is 33.5 Å². The van der Waals surface area contributed by atoms with E-state index >= 15 is 0 Å². The Labute approximate surface area is 244 Å². The molecule has 7 heteroatoms. The van der Waals surface area contributed by atoms with Crippen molar-refractivity contribution in [2.24, 2.45) is 5.92 Å². The number of aliphatic hydroxyl groups excluding tert-OH is 1. The van der Waals surface area contributed by atoms with E-state index in [0.717, 1.165) is 70.0 Å². The molecule has 1 aromatic rings. The normalized spacial score (nSPS) is 24.8. The van der Waals surface area contributed by atoms with Crippen molar-refractivity contribution in [3.63, 3.8) is 0 Å². The van der Waals surface area contributed by atoms with Crippen LogP contribution in [-0.4, -0.2) is 75.3 Å². The summed E-state index contributed by atoms with van der Waals surface area (Å²) in [5, 5.41) is 11.8. The van der Waals surface area contributed by atoms with Crippen molar-refractivity contribution in [2.75, 3.05) is 39.6 Å². The Kier molecular flexibility index (Phi) is 18.6. The molecule has 0 aromatic heterocycles. The van der Waals surface area contributed by atoms with Crippen LogP contribution in [0.15, 0.2) is 24.3 Å². The predicted molar refractivity (Wildman–Crippen MR) is 160 cm³/mol. The Balaban J connectivity index is 2.35. The minimum atomic E-state index is -0.841. The molecule has 0 saturated heterocycles. The summed E-state index contributed by atoms with van der Waals surface area (Å²) >= 11 is 0. The summed E-state index contributed by atoms with van der Waals surface area (Å²) in [6.45, 7) is 14.3. The van der Waals surface area contributed by atoms with Crippen LogP contribution in [0.1, 0.15) is 98.8 Å². The van der Waals surface area contributed by atoms with Gasteiger partial charge in [0.05, 0.1) is 19.3 Å². The topological polar surface area (TPSA) is 75.6 Å². The smallest absolute Gasteiger partial charge is 0.154 e. The fourth-order valence-corrected chi connectivity index (χ4v) is 4.84. The monoisotopic (exact) mass is 566 g/mol. The average molecular weight is 567 g/mol. The fourth-order valence-electron chi connectivity index (χ4n) is 4.84. The van der Waals surface area contributed by atoms with Gasteiger partial charge >= 0.3 is 0 Å². The minimum absolute atomic E-state index is 0.298. The molecule has 1 saturated carbocycles. The number of hydrogen-bond acceptors (Lipinski definition) is 7. The number of hydrogen-bond donors (Lipinski definition) is 1. The van der Waals surface area contributed by atoms with E-state index in [1.165, 1.54) is 0 Å². The van der Waals surface area contributed by atoms with Crippen LogP contribution < -0.4 is 9.47 Å². The zero-order valence-electron chi connectivity index (χ0n) is 26.0. The largest absolute Gasteiger partial charge is 0.494 e. The van der Waals surface area contributed by atoms with Crippen LogP contribution in [0.4, 0.5) is 0 Å². The summed E-state index contributed by atoms with van der Waals surface area (Å²) < 4.78 is 38.0. The Hall–Kier alpha value is -1.38. The van der Waals surface area contributed by atoms with Crippen molar-refractivity contribution in [2.45, 2.75) is 129 Å². The number of benzene rings is 1. The molecule has 6 atom stereocenters. The van der Waals surface area contributed by atoms with Gasteiger partial charge in [-0.1, -0.05) is 66.7 Å². The van der Waals surface area contributed by atoms with Gasteiger partial charge in [0.25, 0.3) is 0 Å². The van der Waals surface area contributed by atoms with Gasteiger partial charge in [-0.25, -0.2) is 0 Å². The van der Waals surface area contributed by atoms with Crippen molar-refractivity contribution >= 4 is 0 Å². The predicted octanol–water partition coefficient (Wildman–Crippen LogP) is 6.98. The summed E-state index contributed by atoms with van der Waals surface area (Å²) in [6, 6.07) is 7.65. The third kappa shape index (κ3) is 11.8. The van der Waals surface area contributed by atoms with Gasteiger partial charge in [0, 0.05) is 32.3 Å². The van der Waals surface area contributed by atoms with Crippen LogP contribution in [-0.2, 0) is 18.9 Å². The number of aliphatic hydroxyl groups is 1. The lowest BCUT2D eigenvalue weighted by atomic mass is 9.78. The maximum atomic E-state index is 11.8. The van der Waals surface area contributed by atoms with Crippen LogP contribution in [0.3, 0.4) is 0 Å². The zero-order chi connectivity index (χ0) is 29.0. The standard InChI is InChI=1S/C33H58O7/c1-6-11-20-35-25-28-29(34)31(40-27-18-16-26(17-19-27)36-21-12-7-2)33(39-24-15-10-5)32(38-23-14-9-4)30(28)37-22-13-8-3/h16-19,28-34H,6-15,20-25H2,1-5H3/t28-,29-,30+,31+,32-,33-/m0/s1. The third-order valence-corrected chi connectivity index (χ3v) is 7.41. The highest BCUT2D eigenvalue weighted by atomic mass is 16.6. The van der Waals surface area contributed by atoms with E-state index in [9.17, 15) is 5.11 Å². The van der Waals surface area contributed by atoms with Crippen LogP contribution in [0.5, 0.6) is 11.5 Å². The molecule has 40 heavy (non-hydrogen) atoms. The van der Waals surface area contributed by atoms with Crippen molar-refractivity contribution in [3.05, 3.63) is 24.3 Å². The molecule has 7 nitrogen and oxygen atoms in total. The molecular weight excluding hydrogens is 508 g/mol. The van der Waals surface area contributed by atoms with Crippen molar-refractivity contribution in [3.8, 4) is 11.5 Å². The van der Waals surface area contributed by atoms with Gasteiger partial charge in [-0.2, -0.15) is 0 Å². The van der Waals surface area contributed by atoms with Crippen LogP contribution in [0.25, 0.3) is 0 Å². The highest BCUT2D eigenvalue weighted by molar-refractivity contribution is 5.31. The van der Waals surface area contributed by atoms with E-state index in [4.69, 9.17) is 28.4 Å². The minimum Gasteiger partial charge on any atom is -0.494 e. The van der Waals surface area contributed by atoms with E-state index < -0.39 is 18.3 Å². The van der Waals surface area contributed by atoms with Crippen LogP contribution >= 0.6 is 0 Å². The highest BCUT2D eigenvalue weighted by Gasteiger charge is 2.53. The van der Waals surface area contributed by atoms with E-state index in [2.05, 4.69) is 34.6 Å². The second-order valence-corrected chi connectivity index (χ2v) is 10.9. The summed E-state index contributed by atoms with van der Waals surface area (Å²) in [7, 11) is 0. The molecule has 1 fully saturated rings. The lowest BCUT2D eigenvalue weighted by Crippen LogP contribution is -2.66. The van der Waals surface area contributed by atoms with E-state index in [-0.39, 0.29) is 18.1 Å². The maximum absolute atomic E-state index is 11.8. The van der Waals surface area contributed by atoms with Gasteiger partial charge < -0.3 is 33.5 Å². The Morgan fingerprint density at radius 1 is 0.550 bits per heavy atom. The Morgan fingerprint density at radius 2 is 1.00 bits per heavy atom. The molecule has 1 N–H and O–H groups in total. The molecule has 1 aliphatic carbocycles. The lowest BCUT2D eigenvalue weighted by Gasteiger charge is -2.48. The molecular formula is C33H58O7. The first-order chi connectivity index (χ1) is 19.6. The van der Waals surface area contributed by atoms with E-state index in [1.807, 2.05) is 24.3 Å². The molecule has 232 valence electrons. The van der Waals surface area contributed by atoms with E-state index in [0.29, 0.717) is 45.4 Å². The van der Waals surface area contributed by atoms with Crippen molar-refractivity contribution in [1.82, 2.24) is 0 Å². The molecule has 0 radical (unpaired) electrons. The number of ether oxygens (including phenoxy) is 6. The summed E-state index contributed by atoms with van der Waals surface area (Å²) in [5.41, 5.74) is 0. The average Bonchev–Trinajstić information content (AvgIpc) is 2.96. The summed E-state index contributed by atoms with van der Waals surface area (Å²) in [4.78, 5) is 0. The molecule has 0 unspecified atom stereocenters. The SMILES string of the molecule is CCCCOC[C@H]1[C@H](O)[C@@H](Oc2ccc(OCCCC)cc2)[C@H](OCCCC)[C@@H](OCCCC)[C@@H]1OCCCC. The van der Waals surface area contributed by atoms with Gasteiger partial charge in [-0.15, -0.1) is 0 Å². The van der Waals surface area contributed by atoms with Gasteiger partial charge in [-0.05, 0) is 56.4 Å². The molecule has 2 rings (SSSR count). The van der Waals surface area contributed by atoms with Crippen LogP contribution in [0.2, 0.25) is 0 Å². The quantitative estimate of drug-likeness (QED) is 0.143. The summed E-state index contributed by atoms with van der Waals surface area (Å²) in [5.74, 6) is 1.18. The molecule has 0 aliphatic heterocycles. The third-order valence-electron chi connectivity index (χ3n) is 7.41. The molecule has 1 aromatic carbocycles. The number of unbranched alkanes of at least 4 members (excludes halogenated alkanes) is 5. The molecule has 0 heterocycles. The molecule has 0 spiro atoms. The fraction of sp³-hybridized carbons (Fsp3) is 0.818. The lowest BCUT2D eigenvalue weighted by molar-refractivity contribution is -0.243. The molecule has 0 bridgehead atoms. The second-order valence-electron chi connectivity index (χ2n) is 10.9. The van der Waals surface area contributed by atoms with Gasteiger partial charge in [0.2, 0.25) is 0 Å². The highest BCUT2D eigenvalue weighted by Crippen LogP contribution is 2.36. The molecule has 0 amide bonds. The Morgan fingerprint density at radius 3 is 1.55 bits per heavy atom. The van der Waals surface area contributed by atoms with Gasteiger partial charge in [0.15, 0.2) is 6.10 Å². The van der Waals surface area contributed by atoms with E-state index in [1.54, 1.807) is 0 Å². The second kappa shape index (κ2) is 21.3. The van der Waals surface area contributed by atoms with Gasteiger partial charge in [0.1, 0.15) is 29.8 Å².